The fourth-order valence-electron chi connectivity index (χ4n) is 0. The monoisotopic (exact) mass is 206 g/mol. The van der Waals surface area contributed by atoms with E-state index in [0.29, 0.717) is 0 Å². The standard InChI is InChI=1S/Mo.2H3N.4H2O/h;2*1H3;4*1H2/p+2. The molecule has 0 saturated heterocycles. The zero-order chi connectivity index (χ0) is 0. The summed E-state index contributed by atoms with van der Waals surface area (Å²) in [4.78, 5) is 0. The van der Waals surface area contributed by atoms with Crippen molar-refractivity contribution in [3.63, 3.8) is 0 Å². The second-order valence-corrected chi connectivity index (χ2v) is 0. The molecule has 0 bridgehead atoms. The SMILES string of the molecule is O.O.O.O.[Mo].[NH4+].[NH4+]. The molecule has 0 fully saturated rings. The molecule has 0 aliphatic carbocycles. The van der Waals surface area contributed by atoms with Crippen LogP contribution in [-0.2, 0) is 21.1 Å². The second kappa shape index (κ2) is 952. The first-order valence-corrected chi connectivity index (χ1v) is 0. The van der Waals surface area contributed by atoms with E-state index in [4.69, 9.17) is 0 Å². The Morgan fingerprint density at radius 1 is 0.429 bits per heavy atom. The molecule has 0 aromatic rings. The molecule has 0 radical (unpaired) electrons. The topological polar surface area (TPSA) is 199 Å². The van der Waals surface area contributed by atoms with Crippen molar-refractivity contribution in [2.75, 3.05) is 0 Å². The molecular weight excluding hydrogens is 188 g/mol. The van der Waals surface area contributed by atoms with E-state index in [-0.39, 0.29) is 55.3 Å². The summed E-state index contributed by atoms with van der Waals surface area (Å²) in [5, 5.41) is 0. The molecule has 0 aliphatic rings. The van der Waals surface area contributed by atoms with Gasteiger partial charge in [-0.05, 0) is 0 Å². The van der Waals surface area contributed by atoms with Crippen LogP contribution in [0.2, 0.25) is 0 Å². The minimum absolute atomic E-state index is 0. The molecule has 0 aliphatic heterocycles. The minimum Gasteiger partial charge on any atom is -0.412 e. The van der Waals surface area contributed by atoms with Gasteiger partial charge in [-0.15, -0.1) is 0 Å². The Hall–Kier alpha value is 0.448. The summed E-state index contributed by atoms with van der Waals surface area (Å²) in [6.07, 6.45) is 0. The Bertz CT molecular complexity index is 9.65. The largest absolute Gasteiger partial charge is 0.412 e. The quantitative estimate of drug-likeness (QED) is 0.391. The summed E-state index contributed by atoms with van der Waals surface area (Å²) in [7, 11) is 0. The van der Waals surface area contributed by atoms with Crippen LogP contribution < -0.4 is 12.3 Å². The molecule has 0 saturated carbocycles. The smallest absolute Gasteiger partial charge is 0 e. The summed E-state index contributed by atoms with van der Waals surface area (Å²) < 4.78 is 0. The van der Waals surface area contributed by atoms with Crippen molar-refractivity contribution in [2.45, 2.75) is 0 Å². The van der Waals surface area contributed by atoms with Crippen LogP contribution in [0.15, 0.2) is 0 Å². The molecule has 0 heterocycles. The van der Waals surface area contributed by atoms with Gasteiger partial charge >= 0.3 is 0 Å². The van der Waals surface area contributed by atoms with Crippen LogP contribution in [0.4, 0.5) is 0 Å². The van der Waals surface area contributed by atoms with Crippen molar-refractivity contribution in [3.8, 4) is 0 Å². The summed E-state index contributed by atoms with van der Waals surface area (Å²) in [5.74, 6) is 0. The van der Waals surface area contributed by atoms with E-state index in [2.05, 4.69) is 0 Å². The summed E-state index contributed by atoms with van der Waals surface area (Å²) >= 11 is 0. The normalized spacial score (nSPS) is 0. The molecule has 7 heteroatoms. The molecule has 7 heavy (non-hydrogen) atoms. The van der Waals surface area contributed by atoms with E-state index in [1.54, 1.807) is 0 Å². The third kappa shape index (κ3) is 635. The maximum absolute atomic E-state index is 0. The first kappa shape index (κ1) is 1540. The van der Waals surface area contributed by atoms with Gasteiger partial charge in [0.1, 0.15) is 0 Å². The van der Waals surface area contributed by atoms with Crippen molar-refractivity contribution in [2.24, 2.45) is 0 Å². The van der Waals surface area contributed by atoms with Gasteiger partial charge in [-0.25, -0.2) is 0 Å². The second-order valence-electron chi connectivity index (χ2n) is 0. The predicted molar refractivity (Wildman–Crippen MR) is 26.4 cm³/mol. The molecule has 0 aromatic carbocycles. The molecule has 0 rings (SSSR count). The van der Waals surface area contributed by atoms with E-state index in [9.17, 15) is 0 Å². The van der Waals surface area contributed by atoms with Crippen molar-refractivity contribution in [1.82, 2.24) is 12.3 Å². The van der Waals surface area contributed by atoms with Crippen LogP contribution in [0.3, 0.4) is 0 Å². The molecule has 6 nitrogen and oxygen atoms in total. The summed E-state index contributed by atoms with van der Waals surface area (Å²) in [6, 6.07) is 0. The molecular formula is H16MoN2O4+2. The average Bonchev–Trinajstić information content (AvgIpc) is 0. The van der Waals surface area contributed by atoms with Gasteiger partial charge < -0.3 is 34.2 Å². The van der Waals surface area contributed by atoms with Crippen LogP contribution in [0.1, 0.15) is 0 Å². The van der Waals surface area contributed by atoms with Crippen LogP contribution in [-0.4, -0.2) is 21.9 Å². The fourth-order valence-corrected chi connectivity index (χ4v) is 0. The molecule has 0 unspecified atom stereocenters. The summed E-state index contributed by atoms with van der Waals surface area (Å²) in [6.45, 7) is 0. The fraction of sp³-hybridized carbons (Fsp3) is 0. The summed E-state index contributed by atoms with van der Waals surface area (Å²) in [5.41, 5.74) is 0. The molecule has 54 valence electrons. The van der Waals surface area contributed by atoms with Gasteiger partial charge in [0.2, 0.25) is 0 Å². The number of hydrogen-bond acceptors (Lipinski definition) is 0. The van der Waals surface area contributed by atoms with E-state index in [0.717, 1.165) is 0 Å². The van der Waals surface area contributed by atoms with E-state index < -0.39 is 0 Å². The third-order valence-corrected chi connectivity index (χ3v) is 0. The Balaban J connectivity index is 0. The third-order valence-electron chi connectivity index (χ3n) is 0. The zero-order valence-electron chi connectivity index (χ0n) is 4.41. The van der Waals surface area contributed by atoms with Gasteiger partial charge in [0.15, 0.2) is 0 Å². The van der Waals surface area contributed by atoms with Crippen LogP contribution in [0, 0.1) is 0 Å². The molecule has 0 amide bonds. The van der Waals surface area contributed by atoms with Gasteiger partial charge in [0.05, 0.1) is 0 Å². The van der Waals surface area contributed by atoms with Crippen molar-refractivity contribution in [3.05, 3.63) is 0 Å². The van der Waals surface area contributed by atoms with Crippen molar-refractivity contribution < 1.29 is 43.0 Å². The van der Waals surface area contributed by atoms with E-state index in [1.807, 2.05) is 0 Å². The van der Waals surface area contributed by atoms with Gasteiger partial charge in [-0.2, -0.15) is 0 Å². The van der Waals surface area contributed by atoms with Crippen molar-refractivity contribution in [1.29, 1.82) is 0 Å². The van der Waals surface area contributed by atoms with Gasteiger partial charge in [-0.1, -0.05) is 0 Å². The van der Waals surface area contributed by atoms with Gasteiger partial charge in [0, 0.05) is 21.1 Å². The number of quaternary nitrogens is 2. The van der Waals surface area contributed by atoms with Crippen LogP contribution in [0.25, 0.3) is 0 Å². The minimum atomic E-state index is 0. The number of rotatable bonds is 0. The molecule has 0 atom stereocenters. The molecule has 0 spiro atoms. The Morgan fingerprint density at radius 2 is 0.429 bits per heavy atom. The van der Waals surface area contributed by atoms with Gasteiger partial charge in [0.25, 0.3) is 0 Å². The van der Waals surface area contributed by atoms with Crippen molar-refractivity contribution >= 4 is 0 Å². The molecule has 0 aromatic heterocycles. The Labute approximate surface area is 56.0 Å². The average molecular weight is 204 g/mol. The maximum atomic E-state index is 0. The van der Waals surface area contributed by atoms with Crippen LogP contribution in [0.5, 0.6) is 0 Å². The van der Waals surface area contributed by atoms with Crippen LogP contribution >= 0.6 is 0 Å². The molecule has 16 N–H and O–H groups in total. The van der Waals surface area contributed by atoms with Gasteiger partial charge in [-0.3, -0.25) is 0 Å². The predicted octanol–water partition coefficient (Wildman–Crippen LogP) is -2.55. The Morgan fingerprint density at radius 3 is 0.429 bits per heavy atom. The first-order valence-electron chi connectivity index (χ1n) is 0. The Kier molecular flexibility index (Phi) is 210000. The first-order chi connectivity index (χ1) is 0. The number of hydrogen-bond donors (Lipinski definition) is 2. The zero-order valence-corrected chi connectivity index (χ0v) is 6.42. The maximum Gasteiger partial charge on any atom is 0 e. The van der Waals surface area contributed by atoms with E-state index >= 15 is 0 Å². The van der Waals surface area contributed by atoms with E-state index in [1.165, 1.54) is 0 Å².